The number of carbonyl (C=O) groups excluding carboxylic acids is 1. The average molecular weight is 326 g/mol. The molecular weight excluding hydrogens is 286 g/mol. The van der Waals surface area contributed by atoms with E-state index in [1.807, 2.05) is 7.05 Å². The molecule has 0 aromatic carbocycles. The molecule has 0 aromatic heterocycles. The van der Waals surface area contributed by atoms with Gasteiger partial charge in [0.2, 0.25) is 0 Å². The number of nitrogens with one attached hydrogen (secondary N) is 1. The van der Waals surface area contributed by atoms with E-state index < -0.39 is 0 Å². The van der Waals surface area contributed by atoms with Crippen LogP contribution in [0.4, 0.5) is 0 Å². The monoisotopic (exact) mass is 325 g/mol. The molecule has 0 aromatic rings. The molecule has 0 atom stereocenters. The lowest BCUT2D eigenvalue weighted by atomic mass is 10.0. The Morgan fingerprint density at radius 3 is 2.26 bits per heavy atom. The highest BCUT2D eigenvalue weighted by Crippen LogP contribution is 2.10. The number of hydrogen-bond acceptors (Lipinski definition) is 3. The van der Waals surface area contributed by atoms with Crippen LogP contribution in [0.3, 0.4) is 0 Å². The summed E-state index contributed by atoms with van der Waals surface area (Å²) in [5.41, 5.74) is 0.0330. The minimum Gasteiger partial charge on any atom is -0.466 e. The first-order chi connectivity index (χ1) is 11.0. The topological polar surface area (TPSA) is 38.3 Å². The Labute approximate surface area is 144 Å². The third-order valence-corrected chi connectivity index (χ3v) is 4.31. The van der Waals surface area contributed by atoms with E-state index in [1.54, 1.807) is 0 Å². The standard InChI is InChI=1S/C20H39NO2/c1-5-6-7-8-9-10-11-12-13-14-15-16-19(22)23-18-17-20(2,3)21-4/h8-9,21H,5-7,10-18H2,1-4H3/b9-8+. The van der Waals surface area contributed by atoms with Crippen molar-refractivity contribution in [3.8, 4) is 0 Å². The Bertz CT molecular complexity index is 311. The molecule has 23 heavy (non-hydrogen) atoms. The molecule has 0 heterocycles. The molecule has 0 aliphatic carbocycles. The molecule has 0 saturated heterocycles. The van der Waals surface area contributed by atoms with Crippen molar-refractivity contribution in [3.05, 3.63) is 12.2 Å². The first-order valence-electron chi connectivity index (χ1n) is 9.51. The Hall–Kier alpha value is -0.830. The third kappa shape index (κ3) is 15.8. The Balaban J connectivity index is 3.34. The van der Waals surface area contributed by atoms with Crippen LogP contribution < -0.4 is 5.32 Å². The van der Waals surface area contributed by atoms with Crippen LogP contribution in [-0.2, 0) is 9.53 Å². The molecule has 136 valence electrons. The summed E-state index contributed by atoms with van der Waals surface area (Å²) < 4.78 is 5.28. The molecule has 0 bridgehead atoms. The Kier molecular flexibility index (Phi) is 14.2. The number of ether oxygens (including phenoxy) is 1. The van der Waals surface area contributed by atoms with E-state index >= 15 is 0 Å². The van der Waals surface area contributed by atoms with Gasteiger partial charge in [-0.25, -0.2) is 0 Å². The number of allylic oxidation sites excluding steroid dienone is 2. The fourth-order valence-electron chi connectivity index (χ4n) is 2.24. The summed E-state index contributed by atoms with van der Waals surface area (Å²) in [6.45, 7) is 6.96. The second-order valence-corrected chi connectivity index (χ2v) is 7.02. The van der Waals surface area contributed by atoms with Crippen LogP contribution in [0.25, 0.3) is 0 Å². The van der Waals surface area contributed by atoms with E-state index in [4.69, 9.17) is 4.74 Å². The van der Waals surface area contributed by atoms with Crippen molar-refractivity contribution in [3.63, 3.8) is 0 Å². The molecule has 1 N–H and O–H groups in total. The van der Waals surface area contributed by atoms with Gasteiger partial charge in [0.25, 0.3) is 0 Å². The van der Waals surface area contributed by atoms with Gasteiger partial charge in [0.1, 0.15) is 0 Å². The Morgan fingerprint density at radius 1 is 1.00 bits per heavy atom. The van der Waals surface area contributed by atoms with Crippen LogP contribution in [0.1, 0.15) is 91.4 Å². The van der Waals surface area contributed by atoms with Gasteiger partial charge in [0.15, 0.2) is 0 Å². The van der Waals surface area contributed by atoms with Crippen molar-refractivity contribution < 1.29 is 9.53 Å². The average Bonchev–Trinajstić information content (AvgIpc) is 2.52. The van der Waals surface area contributed by atoms with Gasteiger partial charge in [-0.1, -0.05) is 51.2 Å². The highest BCUT2D eigenvalue weighted by molar-refractivity contribution is 5.69. The van der Waals surface area contributed by atoms with Crippen molar-refractivity contribution >= 4 is 5.97 Å². The molecule has 0 radical (unpaired) electrons. The molecule has 3 heteroatoms. The van der Waals surface area contributed by atoms with Gasteiger partial charge in [-0.2, -0.15) is 0 Å². The summed E-state index contributed by atoms with van der Waals surface area (Å²) in [5, 5.41) is 3.21. The maximum atomic E-state index is 11.6. The fraction of sp³-hybridized carbons (Fsp3) is 0.850. The summed E-state index contributed by atoms with van der Waals surface area (Å²) in [6, 6.07) is 0. The lowest BCUT2D eigenvalue weighted by molar-refractivity contribution is -0.144. The van der Waals surface area contributed by atoms with Crippen LogP contribution in [0.2, 0.25) is 0 Å². The van der Waals surface area contributed by atoms with E-state index in [0.717, 1.165) is 19.3 Å². The predicted molar refractivity (Wildman–Crippen MR) is 99.7 cm³/mol. The second kappa shape index (κ2) is 14.7. The summed E-state index contributed by atoms with van der Waals surface area (Å²) in [7, 11) is 1.93. The summed E-state index contributed by atoms with van der Waals surface area (Å²) in [4.78, 5) is 11.6. The van der Waals surface area contributed by atoms with Crippen molar-refractivity contribution in [2.75, 3.05) is 13.7 Å². The van der Waals surface area contributed by atoms with Gasteiger partial charge in [-0.15, -0.1) is 0 Å². The van der Waals surface area contributed by atoms with E-state index in [1.165, 1.54) is 44.9 Å². The largest absolute Gasteiger partial charge is 0.466 e. The van der Waals surface area contributed by atoms with Gasteiger partial charge in [-0.3, -0.25) is 4.79 Å². The van der Waals surface area contributed by atoms with Gasteiger partial charge >= 0.3 is 5.97 Å². The van der Waals surface area contributed by atoms with Gasteiger partial charge in [0.05, 0.1) is 6.61 Å². The molecule has 0 amide bonds. The zero-order valence-electron chi connectivity index (χ0n) is 16.0. The van der Waals surface area contributed by atoms with Gasteiger partial charge in [0, 0.05) is 12.0 Å². The van der Waals surface area contributed by atoms with Gasteiger partial charge in [-0.05, 0) is 53.0 Å². The van der Waals surface area contributed by atoms with E-state index in [2.05, 4.69) is 38.2 Å². The number of hydrogen-bond donors (Lipinski definition) is 1. The zero-order chi connectivity index (χ0) is 17.4. The van der Waals surface area contributed by atoms with Crippen LogP contribution in [0.15, 0.2) is 12.2 Å². The Morgan fingerprint density at radius 2 is 1.61 bits per heavy atom. The fourth-order valence-corrected chi connectivity index (χ4v) is 2.24. The molecular formula is C20H39NO2. The van der Waals surface area contributed by atoms with Crippen molar-refractivity contribution in [2.45, 2.75) is 96.9 Å². The second-order valence-electron chi connectivity index (χ2n) is 7.02. The van der Waals surface area contributed by atoms with Crippen molar-refractivity contribution in [1.29, 1.82) is 0 Å². The lowest BCUT2D eigenvalue weighted by Gasteiger charge is -2.23. The molecule has 0 aliphatic rings. The maximum Gasteiger partial charge on any atom is 0.305 e. The molecule has 0 unspecified atom stereocenters. The summed E-state index contributed by atoms with van der Waals surface area (Å²) in [5.74, 6) is -0.0456. The first kappa shape index (κ1) is 22.2. The number of esters is 1. The normalized spacial score (nSPS) is 12.0. The molecule has 0 saturated carbocycles. The molecule has 3 nitrogen and oxygen atoms in total. The highest BCUT2D eigenvalue weighted by Gasteiger charge is 2.15. The van der Waals surface area contributed by atoms with Crippen LogP contribution in [0, 0.1) is 0 Å². The molecule has 0 spiro atoms. The first-order valence-corrected chi connectivity index (χ1v) is 9.51. The minimum absolute atomic E-state index is 0.0330. The molecule has 0 rings (SSSR count). The smallest absolute Gasteiger partial charge is 0.305 e. The lowest BCUT2D eigenvalue weighted by Crippen LogP contribution is -2.37. The molecule has 0 aliphatic heterocycles. The third-order valence-electron chi connectivity index (χ3n) is 4.31. The maximum absolute atomic E-state index is 11.6. The minimum atomic E-state index is -0.0456. The van der Waals surface area contributed by atoms with Crippen LogP contribution in [0.5, 0.6) is 0 Å². The summed E-state index contributed by atoms with van der Waals surface area (Å²) in [6.07, 6.45) is 16.9. The van der Waals surface area contributed by atoms with Crippen molar-refractivity contribution in [2.24, 2.45) is 0 Å². The highest BCUT2D eigenvalue weighted by atomic mass is 16.5. The van der Waals surface area contributed by atoms with Crippen molar-refractivity contribution in [1.82, 2.24) is 5.32 Å². The van der Waals surface area contributed by atoms with E-state index in [9.17, 15) is 4.79 Å². The van der Waals surface area contributed by atoms with Gasteiger partial charge < -0.3 is 10.1 Å². The number of rotatable bonds is 15. The zero-order valence-corrected chi connectivity index (χ0v) is 16.0. The molecule has 0 fully saturated rings. The SMILES string of the molecule is CCCC/C=C/CCCCCCCC(=O)OCCC(C)(C)NC. The quantitative estimate of drug-likeness (QED) is 0.249. The van der Waals surface area contributed by atoms with E-state index in [-0.39, 0.29) is 11.5 Å². The predicted octanol–water partition coefficient (Wildman–Crippen LogP) is 5.39. The van der Waals surface area contributed by atoms with Crippen LogP contribution >= 0.6 is 0 Å². The summed E-state index contributed by atoms with van der Waals surface area (Å²) >= 11 is 0. The number of carbonyl (C=O) groups is 1. The van der Waals surface area contributed by atoms with Crippen LogP contribution in [-0.4, -0.2) is 25.2 Å². The van der Waals surface area contributed by atoms with E-state index in [0.29, 0.717) is 13.0 Å². The number of unbranched alkanes of at least 4 members (excludes halogenated alkanes) is 7.